The molecule has 9 heteroatoms. The van der Waals surface area contributed by atoms with Gasteiger partial charge in [0.25, 0.3) is 0 Å². The zero-order valence-corrected chi connectivity index (χ0v) is 18.9. The molecule has 0 aliphatic carbocycles. The molecule has 2 heterocycles. The topological polar surface area (TPSA) is 105 Å². The molecule has 1 aliphatic heterocycles. The first-order chi connectivity index (χ1) is 15.3. The van der Waals surface area contributed by atoms with Gasteiger partial charge in [0, 0.05) is 18.7 Å². The van der Waals surface area contributed by atoms with Crippen molar-refractivity contribution < 1.29 is 17.7 Å². The predicted octanol–water partition coefficient (Wildman–Crippen LogP) is 3.07. The molecule has 1 saturated heterocycles. The maximum atomic E-state index is 13.0. The number of hydrogen-bond acceptors (Lipinski definition) is 6. The van der Waals surface area contributed by atoms with Crippen molar-refractivity contribution in [1.29, 1.82) is 0 Å². The molecule has 168 valence electrons. The van der Waals surface area contributed by atoms with E-state index in [9.17, 15) is 13.2 Å². The van der Waals surface area contributed by atoms with Crippen molar-refractivity contribution in [3.8, 4) is 11.4 Å². The summed E-state index contributed by atoms with van der Waals surface area (Å²) in [6, 6.07) is 14.5. The lowest BCUT2D eigenvalue weighted by Crippen LogP contribution is -2.45. The van der Waals surface area contributed by atoms with Crippen LogP contribution in [0.2, 0.25) is 0 Å². The van der Waals surface area contributed by atoms with Crippen molar-refractivity contribution >= 4 is 15.9 Å². The Morgan fingerprint density at radius 3 is 2.66 bits per heavy atom. The van der Waals surface area contributed by atoms with Gasteiger partial charge in [-0.25, -0.2) is 8.42 Å². The number of nitrogens with one attached hydrogen (secondary N) is 1. The number of carbonyl (C=O) groups is 1. The van der Waals surface area contributed by atoms with Gasteiger partial charge in [-0.15, -0.1) is 0 Å². The SMILES string of the molecule is Cc1ccc(S(=O)(=O)N2CCCC(C(=O)NCc3nc(-c4ccccc4C)no3)C2)cc1. The Morgan fingerprint density at radius 2 is 1.91 bits per heavy atom. The van der Waals surface area contributed by atoms with Crippen LogP contribution in [-0.2, 0) is 21.4 Å². The van der Waals surface area contributed by atoms with Crippen LogP contribution < -0.4 is 5.32 Å². The second kappa shape index (κ2) is 9.22. The summed E-state index contributed by atoms with van der Waals surface area (Å²) in [6.07, 6.45) is 1.26. The standard InChI is InChI=1S/C23H26N4O4S/c1-16-9-11-19(12-10-16)32(29,30)27-13-5-7-18(15-27)23(28)24-14-21-25-22(26-31-21)20-8-4-3-6-17(20)2/h3-4,6,8-12,18H,5,7,13-15H2,1-2H3,(H,24,28). The summed E-state index contributed by atoms with van der Waals surface area (Å²) in [6.45, 7) is 4.53. The predicted molar refractivity (Wildman–Crippen MR) is 119 cm³/mol. The van der Waals surface area contributed by atoms with Gasteiger partial charge in [-0.2, -0.15) is 9.29 Å². The maximum absolute atomic E-state index is 13.0. The Bertz CT molecular complexity index is 1200. The molecule has 0 saturated carbocycles. The van der Waals surface area contributed by atoms with Gasteiger partial charge >= 0.3 is 0 Å². The van der Waals surface area contributed by atoms with Crippen LogP contribution in [0, 0.1) is 19.8 Å². The first kappa shape index (κ1) is 22.2. The highest BCUT2D eigenvalue weighted by molar-refractivity contribution is 7.89. The smallest absolute Gasteiger partial charge is 0.246 e. The fraction of sp³-hybridized carbons (Fsp3) is 0.348. The highest BCUT2D eigenvalue weighted by Crippen LogP contribution is 2.24. The Balaban J connectivity index is 1.38. The summed E-state index contributed by atoms with van der Waals surface area (Å²) < 4.78 is 32.6. The molecule has 1 atom stereocenters. The van der Waals surface area contributed by atoms with Gasteiger partial charge in [0.15, 0.2) is 0 Å². The molecule has 0 bridgehead atoms. The van der Waals surface area contributed by atoms with E-state index in [4.69, 9.17) is 4.52 Å². The molecular formula is C23H26N4O4S. The van der Waals surface area contributed by atoms with Crippen LogP contribution in [-0.4, -0.2) is 41.9 Å². The Labute approximate surface area is 187 Å². The quantitative estimate of drug-likeness (QED) is 0.614. The number of rotatable bonds is 6. The third kappa shape index (κ3) is 4.73. The number of amides is 1. The zero-order chi connectivity index (χ0) is 22.7. The third-order valence-corrected chi connectivity index (χ3v) is 7.56. The molecule has 1 aromatic heterocycles. The van der Waals surface area contributed by atoms with Gasteiger partial charge < -0.3 is 9.84 Å². The van der Waals surface area contributed by atoms with E-state index in [2.05, 4.69) is 15.5 Å². The average molecular weight is 455 g/mol. The van der Waals surface area contributed by atoms with E-state index in [-0.39, 0.29) is 23.9 Å². The highest BCUT2D eigenvalue weighted by Gasteiger charge is 2.33. The second-order valence-electron chi connectivity index (χ2n) is 8.06. The van der Waals surface area contributed by atoms with E-state index in [0.717, 1.165) is 16.7 Å². The fourth-order valence-electron chi connectivity index (χ4n) is 3.80. The van der Waals surface area contributed by atoms with Crippen LogP contribution in [0.1, 0.15) is 29.9 Å². The van der Waals surface area contributed by atoms with Crippen LogP contribution in [0.3, 0.4) is 0 Å². The van der Waals surface area contributed by atoms with Crippen LogP contribution in [0.4, 0.5) is 0 Å². The van der Waals surface area contributed by atoms with Gasteiger partial charge in [0.2, 0.25) is 27.6 Å². The molecule has 1 fully saturated rings. The van der Waals surface area contributed by atoms with Gasteiger partial charge in [-0.1, -0.05) is 47.1 Å². The van der Waals surface area contributed by atoms with Gasteiger partial charge in [0.05, 0.1) is 17.4 Å². The molecule has 32 heavy (non-hydrogen) atoms. The van der Waals surface area contributed by atoms with Crippen LogP contribution >= 0.6 is 0 Å². The number of hydrogen-bond donors (Lipinski definition) is 1. The lowest BCUT2D eigenvalue weighted by molar-refractivity contribution is -0.126. The Morgan fingerprint density at radius 1 is 1.16 bits per heavy atom. The lowest BCUT2D eigenvalue weighted by Gasteiger charge is -2.31. The Hall–Kier alpha value is -3.04. The van der Waals surface area contributed by atoms with E-state index < -0.39 is 15.9 Å². The minimum atomic E-state index is -3.63. The number of carbonyl (C=O) groups excluding carboxylic acids is 1. The summed E-state index contributed by atoms with van der Waals surface area (Å²) in [5.74, 6) is 0.129. The van der Waals surface area contributed by atoms with E-state index in [0.29, 0.717) is 31.1 Å². The summed E-state index contributed by atoms with van der Waals surface area (Å²) >= 11 is 0. The molecule has 8 nitrogen and oxygen atoms in total. The lowest BCUT2D eigenvalue weighted by atomic mass is 9.99. The molecule has 0 spiro atoms. The second-order valence-corrected chi connectivity index (χ2v) is 10.00. The fourth-order valence-corrected chi connectivity index (χ4v) is 5.32. The maximum Gasteiger partial charge on any atom is 0.246 e. The largest absolute Gasteiger partial charge is 0.347 e. The number of aryl methyl sites for hydroxylation is 2. The summed E-state index contributed by atoms with van der Waals surface area (Å²) in [5, 5.41) is 6.81. The van der Waals surface area contributed by atoms with Crippen LogP contribution in [0.5, 0.6) is 0 Å². The van der Waals surface area contributed by atoms with Crippen molar-refractivity contribution in [3.63, 3.8) is 0 Å². The monoisotopic (exact) mass is 454 g/mol. The summed E-state index contributed by atoms with van der Waals surface area (Å²) in [7, 11) is -3.63. The molecule has 2 aromatic carbocycles. The number of piperidine rings is 1. The highest BCUT2D eigenvalue weighted by atomic mass is 32.2. The molecule has 4 rings (SSSR count). The summed E-state index contributed by atoms with van der Waals surface area (Å²) in [4.78, 5) is 17.3. The third-order valence-electron chi connectivity index (χ3n) is 5.68. The molecule has 1 unspecified atom stereocenters. The van der Waals surface area contributed by atoms with E-state index >= 15 is 0 Å². The molecule has 1 aliphatic rings. The Kier molecular flexibility index (Phi) is 6.38. The van der Waals surface area contributed by atoms with Crippen molar-refractivity contribution in [2.75, 3.05) is 13.1 Å². The van der Waals surface area contributed by atoms with E-state index in [1.165, 1.54) is 4.31 Å². The molecule has 3 aromatic rings. The van der Waals surface area contributed by atoms with Crippen molar-refractivity contribution in [2.24, 2.45) is 5.92 Å². The molecule has 1 N–H and O–H groups in total. The van der Waals surface area contributed by atoms with Crippen molar-refractivity contribution in [3.05, 3.63) is 65.5 Å². The zero-order valence-electron chi connectivity index (χ0n) is 18.1. The van der Waals surface area contributed by atoms with Crippen molar-refractivity contribution in [2.45, 2.75) is 38.1 Å². The molecule has 0 radical (unpaired) electrons. The number of aromatic nitrogens is 2. The average Bonchev–Trinajstić information content (AvgIpc) is 3.27. The number of benzene rings is 2. The number of sulfonamides is 1. The number of nitrogens with zero attached hydrogens (tertiary/aromatic N) is 3. The van der Waals surface area contributed by atoms with E-state index in [1.807, 2.05) is 38.1 Å². The van der Waals surface area contributed by atoms with Gasteiger partial charge in [-0.3, -0.25) is 4.79 Å². The normalized spacial score (nSPS) is 17.2. The van der Waals surface area contributed by atoms with E-state index in [1.54, 1.807) is 24.3 Å². The first-order valence-electron chi connectivity index (χ1n) is 10.6. The van der Waals surface area contributed by atoms with Crippen LogP contribution in [0.15, 0.2) is 57.9 Å². The van der Waals surface area contributed by atoms with Crippen LogP contribution in [0.25, 0.3) is 11.4 Å². The van der Waals surface area contributed by atoms with Gasteiger partial charge in [0.1, 0.15) is 0 Å². The minimum Gasteiger partial charge on any atom is -0.347 e. The minimum absolute atomic E-state index is 0.0962. The van der Waals surface area contributed by atoms with Crippen molar-refractivity contribution in [1.82, 2.24) is 19.8 Å². The van der Waals surface area contributed by atoms with Gasteiger partial charge in [-0.05, 0) is 44.4 Å². The first-order valence-corrected chi connectivity index (χ1v) is 12.0. The summed E-state index contributed by atoms with van der Waals surface area (Å²) in [5.41, 5.74) is 2.89. The molecular weight excluding hydrogens is 428 g/mol. The molecule has 1 amide bonds.